The molecule has 0 atom stereocenters. The number of hydrogen-bond acceptors (Lipinski definition) is 6. The van der Waals surface area contributed by atoms with Crippen molar-refractivity contribution >= 4 is 46.4 Å². The molecule has 0 unspecified atom stereocenters. The van der Waals surface area contributed by atoms with E-state index in [1.54, 1.807) is 0 Å². The van der Waals surface area contributed by atoms with Crippen molar-refractivity contribution in [3.63, 3.8) is 0 Å². The van der Waals surface area contributed by atoms with Gasteiger partial charge in [-0.05, 0) is 37.1 Å². The summed E-state index contributed by atoms with van der Waals surface area (Å²) in [6.45, 7) is -0.104. The van der Waals surface area contributed by atoms with Crippen LogP contribution in [0.5, 0.6) is 0 Å². The Morgan fingerprint density at radius 2 is 1.45 bits per heavy atom. The van der Waals surface area contributed by atoms with Gasteiger partial charge in [0.25, 0.3) is 5.69 Å². The summed E-state index contributed by atoms with van der Waals surface area (Å²) in [7, 11) is 0. The van der Waals surface area contributed by atoms with Crippen LogP contribution in [0.3, 0.4) is 0 Å². The Hall–Kier alpha value is -3.95. The molecule has 2 fully saturated rings. The molecule has 0 bridgehead atoms. The Bertz CT molecular complexity index is 1370. The monoisotopic (exact) mass is 623 g/mol. The lowest BCUT2D eigenvalue weighted by Crippen LogP contribution is -2.50. The fourth-order valence-corrected chi connectivity index (χ4v) is 5.22. The number of hydrogen-bond donors (Lipinski definition) is 2. The van der Waals surface area contributed by atoms with Gasteiger partial charge in [0, 0.05) is 51.0 Å². The lowest BCUT2D eigenvalue weighted by molar-refractivity contribution is -0.384. The minimum absolute atomic E-state index is 0.00595. The van der Waals surface area contributed by atoms with Crippen molar-refractivity contribution in [2.45, 2.75) is 25.2 Å². The van der Waals surface area contributed by atoms with E-state index in [4.69, 9.17) is 11.6 Å². The molecule has 2 aromatic carbocycles. The van der Waals surface area contributed by atoms with Crippen LogP contribution in [0.4, 0.5) is 53.9 Å². The number of urea groups is 1. The van der Waals surface area contributed by atoms with E-state index in [1.165, 1.54) is 20.8 Å². The maximum Gasteiger partial charge on any atom is 0.418 e. The molecule has 2 saturated heterocycles. The van der Waals surface area contributed by atoms with Gasteiger partial charge in [0.1, 0.15) is 5.69 Å². The molecule has 0 aliphatic carbocycles. The summed E-state index contributed by atoms with van der Waals surface area (Å²) in [6.07, 6.45) is -9.47. The van der Waals surface area contributed by atoms with Crippen LogP contribution in [-0.4, -0.2) is 66.2 Å². The number of rotatable bonds is 5. The molecule has 2 N–H and O–H groups in total. The van der Waals surface area contributed by atoms with Gasteiger partial charge in [-0.3, -0.25) is 14.9 Å². The molecule has 2 heterocycles. The number of nitro groups is 1. The summed E-state index contributed by atoms with van der Waals surface area (Å²) < 4.78 is 81.4. The van der Waals surface area contributed by atoms with Crippen LogP contribution in [0.25, 0.3) is 0 Å². The molecule has 0 aromatic heterocycles. The highest BCUT2D eigenvalue weighted by molar-refractivity contribution is 6.31. The summed E-state index contributed by atoms with van der Waals surface area (Å²) in [5.41, 5.74) is -3.71. The van der Waals surface area contributed by atoms with Gasteiger partial charge in [-0.2, -0.15) is 26.3 Å². The third kappa shape index (κ3) is 6.74. The first-order valence-electron chi connectivity index (χ1n) is 12.6. The highest BCUT2D eigenvalue weighted by Gasteiger charge is 2.40. The van der Waals surface area contributed by atoms with Gasteiger partial charge >= 0.3 is 24.4 Å². The number of amides is 2. The number of nitro benzene ring substituents is 1. The second-order valence-electron chi connectivity index (χ2n) is 9.81. The molecule has 17 heteroatoms. The topological polar surface area (TPSA) is 119 Å². The number of piperidine rings is 1. The number of nitrogens with zero attached hydrogens (tertiary/aromatic N) is 4. The fraction of sp³-hybridized carbons (Fsp3) is 0.440. The number of alkyl halides is 6. The fourth-order valence-electron chi connectivity index (χ4n) is 4.99. The molecule has 4 rings (SSSR count). The summed E-state index contributed by atoms with van der Waals surface area (Å²) in [6, 6.07) is 3.66. The number of halogens is 7. The molecule has 42 heavy (non-hydrogen) atoms. The van der Waals surface area contributed by atoms with E-state index in [1.807, 2.05) is 0 Å². The first-order chi connectivity index (χ1) is 19.6. The lowest BCUT2D eigenvalue weighted by atomic mass is 9.95. The summed E-state index contributed by atoms with van der Waals surface area (Å²) in [5.74, 6) is -1.76. The molecule has 2 aliphatic heterocycles. The number of nitrogens with one attached hydrogen (secondary N) is 1. The molecular formula is C25H24ClF6N5O5. The number of carbonyl (C=O) groups excluding carboxylic acids is 1. The average Bonchev–Trinajstić information content (AvgIpc) is 2.92. The van der Waals surface area contributed by atoms with E-state index >= 15 is 0 Å². The van der Waals surface area contributed by atoms with Crippen LogP contribution in [0.2, 0.25) is 5.02 Å². The van der Waals surface area contributed by atoms with Crippen molar-refractivity contribution in [3.8, 4) is 0 Å². The molecule has 228 valence electrons. The highest BCUT2D eigenvalue weighted by atomic mass is 35.5. The van der Waals surface area contributed by atoms with E-state index in [-0.39, 0.29) is 69.2 Å². The number of aliphatic carboxylic acids is 1. The van der Waals surface area contributed by atoms with Crippen LogP contribution >= 0.6 is 11.6 Å². The quantitative estimate of drug-likeness (QED) is 0.240. The molecular weight excluding hydrogens is 600 g/mol. The third-order valence-corrected chi connectivity index (χ3v) is 7.54. The van der Waals surface area contributed by atoms with Crippen molar-refractivity contribution < 1.29 is 46.0 Å². The minimum Gasteiger partial charge on any atom is -0.481 e. The maximum absolute atomic E-state index is 14.0. The van der Waals surface area contributed by atoms with Crippen molar-refractivity contribution in [2.24, 2.45) is 5.92 Å². The van der Waals surface area contributed by atoms with Gasteiger partial charge in [0.05, 0.1) is 32.7 Å². The predicted octanol–water partition coefficient (Wildman–Crippen LogP) is 5.94. The van der Waals surface area contributed by atoms with E-state index in [0.29, 0.717) is 12.1 Å². The Morgan fingerprint density at radius 3 is 1.98 bits per heavy atom. The van der Waals surface area contributed by atoms with E-state index < -0.39 is 57.0 Å². The first kappa shape index (κ1) is 31.0. The molecule has 0 spiro atoms. The molecule has 10 nitrogen and oxygen atoms in total. The van der Waals surface area contributed by atoms with Gasteiger partial charge in [-0.25, -0.2) is 4.79 Å². The number of carbonyl (C=O) groups is 2. The Kier molecular flexibility index (Phi) is 8.66. The number of carboxylic acid groups (broad SMARTS) is 1. The number of piperazine rings is 1. The average molecular weight is 624 g/mol. The zero-order valence-electron chi connectivity index (χ0n) is 21.6. The minimum atomic E-state index is -4.92. The van der Waals surface area contributed by atoms with Crippen LogP contribution in [0.1, 0.15) is 24.0 Å². The number of benzene rings is 2. The smallest absolute Gasteiger partial charge is 0.418 e. The van der Waals surface area contributed by atoms with E-state index in [2.05, 4.69) is 5.32 Å². The Labute approximate surface area is 239 Å². The van der Waals surface area contributed by atoms with Crippen LogP contribution in [0, 0.1) is 16.0 Å². The van der Waals surface area contributed by atoms with E-state index in [0.717, 1.165) is 12.1 Å². The number of anilines is 3. The lowest BCUT2D eigenvalue weighted by Gasteiger charge is -2.37. The van der Waals surface area contributed by atoms with Crippen LogP contribution < -0.4 is 15.1 Å². The van der Waals surface area contributed by atoms with E-state index in [9.17, 15) is 51.2 Å². The molecule has 2 aromatic rings. The van der Waals surface area contributed by atoms with Crippen molar-refractivity contribution in [2.75, 3.05) is 54.4 Å². The Balaban J connectivity index is 1.54. The second kappa shape index (κ2) is 11.7. The van der Waals surface area contributed by atoms with Crippen molar-refractivity contribution in [3.05, 3.63) is 56.6 Å². The summed E-state index contributed by atoms with van der Waals surface area (Å²) in [5, 5.41) is 22.8. The van der Waals surface area contributed by atoms with Gasteiger partial charge in [0.15, 0.2) is 0 Å². The Morgan fingerprint density at radius 1 is 0.881 bits per heavy atom. The zero-order chi connectivity index (χ0) is 31.0. The normalized spacial score (nSPS) is 16.9. The predicted molar refractivity (Wildman–Crippen MR) is 140 cm³/mol. The molecule has 2 amide bonds. The van der Waals surface area contributed by atoms with Gasteiger partial charge < -0.3 is 25.1 Å². The summed E-state index contributed by atoms with van der Waals surface area (Å²) >= 11 is 5.60. The third-order valence-electron chi connectivity index (χ3n) is 7.21. The largest absolute Gasteiger partial charge is 0.481 e. The standard InChI is InChI=1S/C25H24ClF6N5O5/c26-18-2-1-15(11-16(18)24(27,28)29)33-23(40)36-9-7-35(8-10-36)20-13-19(34-5-3-14(4-6-34)22(38)39)17(25(30,31)32)12-21(20)37(41)42/h1-2,11-14H,3-10H2,(H,33,40)(H,38,39). The van der Waals surface area contributed by atoms with Crippen molar-refractivity contribution in [1.82, 2.24) is 4.90 Å². The first-order valence-corrected chi connectivity index (χ1v) is 13.0. The van der Waals surface area contributed by atoms with Gasteiger partial charge in [-0.1, -0.05) is 11.6 Å². The zero-order valence-corrected chi connectivity index (χ0v) is 22.4. The molecule has 2 aliphatic rings. The van der Waals surface area contributed by atoms with Crippen molar-refractivity contribution in [1.29, 1.82) is 0 Å². The van der Waals surface area contributed by atoms with Crippen LogP contribution in [-0.2, 0) is 17.1 Å². The molecule has 0 radical (unpaired) electrons. The maximum atomic E-state index is 14.0. The SMILES string of the molecule is O=C(O)C1CCN(c2cc(N3CCN(C(=O)Nc4ccc(Cl)c(C(F)(F)F)c4)CC3)c([N+](=O)[O-])cc2C(F)(F)F)CC1. The number of carboxylic acids is 1. The van der Waals surface area contributed by atoms with Crippen LogP contribution in [0.15, 0.2) is 30.3 Å². The second-order valence-corrected chi connectivity index (χ2v) is 10.2. The van der Waals surface area contributed by atoms with Gasteiger partial charge in [0.2, 0.25) is 0 Å². The summed E-state index contributed by atoms with van der Waals surface area (Å²) in [4.78, 5) is 39.0. The molecule has 0 saturated carbocycles. The highest BCUT2D eigenvalue weighted by Crippen LogP contribution is 2.44. The van der Waals surface area contributed by atoms with Gasteiger partial charge in [-0.15, -0.1) is 0 Å².